The predicted octanol–water partition coefficient (Wildman–Crippen LogP) is 2.02. The van der Waals surface area contributed by atoms with E-state index in [-0.39, 0.29) is 24.5 Å². The third-order valence-corrected chi connectivity index (χ3v) is 3.62. The topological polar surface area (TPSA) is 62.2 Å². The van der Waals surface area contributed by atoms with Gasteiger partial charge in [-0.15, -0.1) is 0 Å². The number of hydrogen-bond donors (Lipinski definition) is 2. The van der Waals surface area contributed by atoms with Gasteiger partial charge in [-0.25, -0.2) is 4.98 Å². The van der Waals surface area contributed by atoms with Crippen LogP contribution in [0.3, 0.4) is 0 Å². The lowest BCUT2D eigenvalue weighted by atomic mass is 9.85. The quantitative estimate of drug-likeness (QED) is 0.825. The molecule has 1 amide bonds. The average Bonchev–Trinajstić information content (AvgIpc) is 2.39. The van der Waals surface area contributed by atoms with Crippen molar-refractivity contribution in [3.63, 3.8) is 0 Å². The van der Waals surface area contributed by atoms with Gasteiger partial charge < -0.3 is 10.4 Å². The molecule has 0 radical (unpaired) electrons. The van der Waals surface area contributed by atoms with Crippen molar-refractivity contribution in [1.82, 2.24) is 10.3 Å². The Kier molecular flexibility index (Phi) is 4.55. The van der Waals surface area contributed by atoms with E-state index in [1.165, 1.54) is 0 Å². The smallest absolute Gasteiger partial charge is 0.270 e. The largest absolute Gasteiger partial charge is 0.396 e. The van der Waals surface area contributed by atoms with E-state index in [0.29, 0.717) is 10.8 Å². The van der Waals surface area contributed by atoms with Crippen molar-refractivity contribution in [2.75, 3.05) is 6.61 Å². The standard InChI is InChI=1S/C13H17ClN2O2/c14-12-7-3-6-11(15-12)13(18)16-10-5-2-1-4-9(10)8-17/h3,6-7,9-10,17H,1-2,4-5,8H2,(H,16,18). The summed E-state index contributed by atoms with van der Waals surface area (Å²) in [6.45, 7) is 0.119. The number of aliphatic hydroxyl groups excluding tert-OH is 1. The third kappa shape index (κ3) is 3.21. The summed E-state index contributed by atoms with van der Waals surface area (Å²) in [5, 5.41) is 12.6. The molecule has 1 aliphatic rings. The number of aliphatic hydroxyl groups is 1. The van der Waals surface area contributed by atoms with Gasteiger partial charge >= 0.3 is 0 Å². The van der Waals surface area contributed by atoms with Gasteiger partial charge in [0.1, 0.15) is 10.8 Å². The zero-order valence-electron chi connectivity index (χ0n) is 10.1. The fourth-order valence-electron chi connectivity index (χ4n) is 2.39. The van der Waals surface area contributed by atoms with E-state index in [1.807, 2.05) is 0 Å². The second kappa shape index (κ2) is 6.16. The SMILES string of the molecule is O=C(NC1CCCCC1CO)c1cccc(Cl)n1. The first kappa shape index (κ1) is 13.3. The molecule has 1 fully saturated rings. The van der Waals surface area contributed by atoms with E-state index >= 15 is 0 Å². The molecule has 1 heterocycles. The maximum Gasteiger partial charge on any atom is 0.270 e. The van der Waals surface area contributed by atoms with Gasteiger partial charge in [-0.1, -0.05) is 30.5 Å². The fourth-order valence-corrected chi connectivity index (χ4v) is 2.56. The Bertz CT molecular complexity index is 425. The molecular formula is C13H17ClN2O2. The van der Waals surface area contributed by atoms with Crippen molar-refractivity contribution in [1.29, 1.82) is 0 Å². The molecule has 0 bridgehead atoms. The molecule has 2 unspecified atom stereocenters. The lowest BCUT2D eigenvalue weighted by Crippen LogP contribution is -2.43. The van der Waals surface area contributed by atoms with E-state index in [2.05, 4.69) is 10.3 Å². The van der Waals surface area contributed by atoms with Crippen molar-refractivity contribution in [2.45, 2.75) is 31.7 Å². The van der Waals surface area contributed by atoms with Crippen LogP contribution in [-0.2, 0) is 0 Å². The van der Waals surface area contributed by atoms with Gasteiger partial charge in [0.2, 0.25) is 0 Å². The number of amides is 1. The van der Waals surface area contributed by atoms with Crippen LogP contribution in [0, 0.1) is 5.92 Å². The molecule has 1 aromatic rings. The van der Waals surface area contributed by atoms with Gasteiger partial charge in [0.15, 0.2) is 0 Å². The Labute approximate surface area is 111 Å². The highest BCUT2D eigenvalue weighted by atomic mass is 35.5. The molecule has 2 rings (SSSR count). The van der Waals surface area contributed by atoms with Crippen molar-refractivity contribution in [2.24, 2.45) is 5.92 Å². The summed E-state index contributed by atoms with van der Waals surface area (Å²) >= 11 is 5.76. The zero-order valence-corrected chi connectivity index (χ0v) is 10.9. The summed E-state index contributed by atoms with van der Waals surface area (Å²) in [5.41, 5.74) is 0.324. The second-order valence-corrected chi connectivity index (χ2v) is 5.04. The normalized spacial score (nSPS) is 23.7. The van der Waals surface area contributed by atoms with Crippen LogP contribution in [-0.4, -0.2) is 28.6 Å². The zero-order chi connectivity index (χ0) is 13.0. The van der Waals surface area contributed by atoms with E-state index < -0.39 is 0 Å². The van der Waals surface area contributed by atoms with Gasteiger partial charge in [0.05, 0.1) is 0 Å². The number of carbonyl (C=O) groups is 1. The number of hydrogen-bond acceptors (Lipinski definition) is 3. The number of halogens is 1. The predicted molar refractivity (Wildman–Crippen MR) is 69.5 cm³/mol. The summed E-state index contributed by atoms with van der Waals surface area (Å²) in [7, 11) is 0. The highest BCUT2D eigenvalue weighted by Gasteiger charge is 2.26. The molecule has 2 atom stereocenters. The van der Waals surface area contributed by atoms with Crippen molar-refractivity contribution in [3.8, 4) is 0 Å². The summed E-state index contributed by atoms with van der Waals surface area (Å²) in [6, 6.07) is 5.01. The highest BCUT2D eigenvalue weighted by Crippen LogP contribution is 2.24. The van der Waals surface area contributed by atoms with Crippen LogP contribution in [0.2, 0.25) is 5.15 Å². The van der Waals surface area contributed by atoms with Gasteiger partial charge in [-0.3, -0.25) is 4.79 Å². The first-order chi connectivity index (χ1) is 8.70. The van der Waals surface area contributed by atoms with E-state index in [1.54, 1.807) is 18.2 Å². The summed E-state index contributed by atoms with van der Waals surface area (Å²) in [6.07, 6.45) is 4.08. The molecule has 2 N–H and O–H groups in total. The van der Waals surface area contributed by atoms with Gasteiger partial charge in [0.25, 0.3) is 5.91 Å². The Balaban J connectivity index is 2.02. The van der Waals surface area contributed by atoms with E-state index in [0.717, 1.165) is 25.7 Å². The molecule has 5 heteroatoms. The van der Waals surface area contributed by atoms with Crippen LogP contribution in [0.4, 0.5) is 0 Å². The number of carbonyl (C=O) groups excluding carboxylic acids is 1. The molecule has 0 aromatic carbocycles. The number of rotatable bonds is 3. The van der Waals surface area contributed by atoms with Gasteiger partial charge in [0, 0.05) is 18.6 Å². The number of aromatic nitrogens is 1. The van der Waals surface area contributed by atoms with Crippen LogP contribution in [0.1, 0.15) is 36.2 Å². The monoisotopic (exact) mass is 268 g/mol. The van der Waals surface area contributed by atoms with Crippen molar-refractivity contribution < 1.29 is 9.90 Å². The van der Waals surface area contributed by atoms with Gasteiger partial charge in [-0.05, 0) is 25.0 Å². The van der Waals surface area contributed by atoms with E-state index in [9.17, 15) is 9.90 Å². The minimum Gasteiger partial charge on any atom is -0.396 e. The first-order valence-electron chi connectivity index (χ1n) is 6.25. The van der Waals surface area contributed by atoms with Gasteiger partial charge in [-0.2, -0.15) is 0 Å². The lowest BCUT2D eigenvalue weighted by molar-refractivity contribution is 0.0867. The summed E-state index contributed by atoms with van der Waals surface area (Å²) < 4.78 is 0. The third-order valence-electron chi connectivity index (χ3n) is 3.41. The number of pyridine rings is 1. The average molecular weight is 269 g/mol. The van der Waals surface area contributed by atoms with Crippen molar-refractivity contribution >= 4 is 17.5 Å². The summed E-state index contributed by atoms with van der Waals surface area (Å²) in [4.78, 5) is 16.0. The maximum atomic E-state index is 12.0. The molecule has 1 aliphatic carbocycles. The molecule has 98 valence electrons. The summed E-state index contributed by atoms with van der Waals surface area (Å²) in [5.74, 6) is -0.0651. The first-order valence-corrected chi connectivity index (χ1v) is 6.63. The number of nitrogens with one attached hydrogen (secondary N) is 1. The molecular weight excluding hydrogens is 252 g/mol. The second-order valence-electron chi connectivity index (χ2n) is 4.65. The molecule has 0 spiro atoms. The minimum atomic E-state index is -0.220. The van der Waals surface area contributed by atoms with Crippen LogP contribution in [0.15, 0.2) is 18.2 Å². The number of nitrogens with zero attached hydrogens (tertiary/aromatic N) is 1. The molecule has 0 aliphatic heterocycles. The minimum absolute atomic E-state index is 0.0389. The van der Waals surface area contributed by atoms with E-state index in [4.69, 9.17) is 11.6 Å². The Hall–Kier alpha value is -1.13. The Morgan fingerprint density at radius 3 is 2.94 bits per heavy atom. The van der Waals surface area contributed by atoms with Crippen LogP contribution in [0.5, 0.6) is 0 Å². The molecule has 4 nitrogen and oxygen atoms in total. The molecule has 18 heavy (non-hydrogen) atoms. The van der Waals surface area contributed by atoms with Crippen LogP contribution < -0.4 is 5.32 Å². The molecule has 0 saturated heterocycles. The maximum absolute atomic E-state index is 12.0. The van der Waals surface area contributed by atoms with Crippen molar-refractivity contribution in [3.05, 3.63) is 29.0 Å². The molecule has 1 aromatic heterocycles. The van der Waals surface area contributed by atoms with Crippen LogP contribution >= 0.6 is 11.6 Å². The fraction of sp³-hybridized carbons (Fsp3) is 0.538. The van der Waals surface area contributed by atoms with Crippen LogP contribution in [0.25, 0.3) is 0 Å². The molecule has 1 saturated carbocycles. The Morgan fingerprint density at radius 2 is 2.22 bits per heavy atom. The lowest BCUT2D eigenvalue weighted by Gasteiger charge is -2.30. The Morgan fingerprint density at radius 1 is 1.44 bits per heavy atom. The highest BCUT2D eigenvalue weighted by molar-refractivity contribution is 6.29.